The van der Waals surface area contributed by atoms with Crippen molar-refractivity contribution in [2.24, 2.45) is 0 Å². The summed E-state index contributed by atoms with van der Waals surface area (Å²) in [5.41, 5.74) is 1.16. The molecule has 2 aromatic heterocycles. The lowest BCUT2D eigenvalue weighted by molar-refractivity contribution is -0.118. The Balaban J connectivity index is 1.78. The molecule has 0 aliphatic carbocycles. The van der Waals surface area contributed by atoms with E-state index in [4.69, 9.17) is 0 Å². The minimum Gasteiger partial charge on any atom is -0.290 e. The average molecular weight is 341 g/mol. The molecule has 0 bridgehead atoms. The van der Waals surface area contributed by atoms with E-state index in [0.29, 0.717) is 10.8 Å². The number of rotatable bonds is 4. The smallest absolute Gasteiger partial charge is 0.254 e. The third kappa shape index (κ3) is 3.38. The zero-order valence-corrected chi connectivity index (χ0v) is 14.0. The predicted octanol–water partition coefficient (Wildman–Crippen LogP) is 1.73. The van der Waals surface area contributed by atoms with Crippen LogP contribution >= 0.6 is 11.3 Å². The van der Waals surface area contributed by atoms with Gasteiger partial charge in [0.15, 0.2) is 0 Å². The fourth-order valence-electron chi connectivity index (χ4n) is 2.09. The number of nitrogens with zero attached hydrogens (tertiary/aromatic N) is 5. The van der Waals surface area contributed by atoms with Crippen LogP contribution in [0.2, 0.25) is 0 Å². The van der Waals surface area contributed by atoms with Gasteiger partial charge in [0.1, 0.15) is 11.6 Å². The first-order chi connectivity index (χ1) is 11.5. The molecule has 0 spiro atoms. The van der Waals surface area contributed by atoms with Crippen LogP contribution in [0.25, 0.3) is 11.3 Å². The van der Waals surface area contributed by atoms with Gasteiger partial charge in [0.25, 0.3) is 5.56 Å². The zero-order chi connectivity index (χ0) is 17.1. The van der Waals surface area contributed by atoms with Crippen LogP contribution in [0.4, 0.5) is 5.13 Å². The average Bonchev–Trinajstić information content (AvgIpc) is 3.03. The molecule has 0 saturated carbocycles. The number of aryl methyl sites for hydroxylation is 1. The van der Waals surface area contributed by atoms with Crippen LogP contribution in [0.1, 0.15) is 5.01 Å². The Labute approximate surface area is 142 Å². The molecule has 8 heteroatoms. The molecule has 7 nitrogen and oxygen atoms in total. The number of amides is 1. The molecule has 0 unspecified atom stereocenters. The molecule has 0 N–H and O–H groups in total. The molecule has 0 radical (unpaired) electrons. The van der Waals surface area contributed by atoms with Gasteiger partial charge in [-0.15, -0.1) is 10.2 Å². The Bertz CT molecular complexity index is 919. The van der Waals surface area contributed by atoms with E-state index in [-0.39, 0.29) is 18.0 Å². The highest BCUT2D eigenvalue weighted by molar-refractivity contribution is 7.15. The fourth-order valence-corrected chi connectivity index (χ4v) is 2.76. The first kappa shape index (κ1) is 16.0. The summed E-state index contributed by atoms with van der Waals surface area (Å²) in [6.07, 6.45) is 1.39. The van der Waals surface area contributed by atoms with Gasteiger partial charge in [-0.25, -0.2) is 4.98 Å². The maximum absolute atomic E-state index is 12.3. The highest BCUT2D eigenvalue weighted by Crippen LogP contribution is 2.18. The fraction of sp³-hybridized carbons (Fsp3) is 0.188. The number of benzene rings is 1. The van der Waals surface area contributed by atoms with Crippen molar-refractivity contribution < 1.29 is 4.79 Å². The van der Waals surface area contributed by atoms with Crippen LogP contribution in [-0.4, -0.2) is 32.7 Å². The van der Waals surface area contributed by atoms with Crippen molar-refractivity contribution in [3.63, 3.8) is 0 Å². The lowest BCUT2D eigenvalue weighted by atomic mass is 10.1. The standard InChI is InChI=1S/C16H15N5O2S/c1-11-18-19-16(24-11)20(2)15(23)9-21-10-17-13(8-14(21)22)12-6-4-3-5-7-12/h3-8,10H,9H2,1-2H3. The quantitative estimate of drug-likeness (QED) is 0.722. The maximum atomic E-state index is 12.3. The molecule has 1 amide bonds. The number of hydrogen-bond acceptors (Lipinski definition) is 6. The Morgan fingerprint density at radius 2 is 2.00 bits per heavy atom. The van der Waals surface area contributed by atoms with E-state index in [1.54, 1.807) is 7.05 Å². The van der Waals surface area contributed by atoms with Crippen molar-refractivity contribution in [1.29, 1.82) is 0 Å². The van der Waals surface area contributed by atoms with Gasteiger partial charge in [-0.05, 0) is 6.92 Å². The van der Waals surface area contributed by atoms with Crippen LogP contribution < -0.4 is 10.5 Å². The Morgan fingerprint density at radius 1 is 1.25 bits per heavy atom. The number of aromatic nitrogens is 4. The number of anilines is 1. The van der Waals surface area contributed by atoms with Crippen molar-refractivity contribution in [3.05, 3.63) is 58.1 Å². The van der Waals surface area contributed by atoms with Gasteiger partial charge in [0, 0.05) is 18.7 Å². The van der Waals surface area contributed by atoms with Gasteiger partial charge in [0.2, 0.25) is 11.0 Å². The summed E-state index contributed by atoms with van der Waals surface area (Å²) in [7, 11) is 1.61. The minimum atomic E-state index is -0.279. The van der Waals surface area contributed by atoms with Crippen molar-refractivity contribution >= 4 is 22.4 Å². The Morgan fingerprint density at radius 3 is 2.62 bits per heavy atom. The van der Waals surface area contributed by atoms with Gasteiger partial charge in [-0.1, -0.05) is 41.7 Å². The van der Waals surface area contributed by atoms with Crippen LogP contribution in [-0.2, 0) is 11.3 Å². The molecule has 3 rings (SSSR count). The van der Waals surface area contributed by atoms with Crippen molar-refractivity contribution in [2.45, 2.75) is 13.5 Å². The summed E-state index contributed by atoms with van der Waals surface area (Å²) in [4.78, 5) is 30.2. The van der Waals surface area contributed by atoms with Gasteiger partial charge >= 0.3 is 0 Å². The molecule has 0 saturated heterocycles. The molecule has 2 heterocycles. The van der Waals surface area contributed by atoms with E-state index in [9.17, 15) is 9.59 Å². The first-order valence-corrected chi connectivity index (χ1v) is 8.05. The SMILES string of the molecule is Cc1nnc(N(C)C(=O)Cn2cnc(-c3ccccc3)cc2=O)s1. The van der Waals surface area contributed by atoms with E-state index >= 15 is 0 Å². The third-order valence-electron chi connectivity index (χ3n) is 3.43. The third-order valence-corrected chi connectivity index (χ3v) is 4.35. The molecule has 0 aliphatic rings. The molecule has 0 atom stereocenters. The highest BCUT2D eigenvalue weighted by Gasteiger charge is 2.16. The zero-order valence-electron chi connectivity index (χ0n) is 13.2. The lowest BCUT2D eigenvalue weighted by Gasteiger charge is -2.14. The monoisotopic (exact) mass is 341 g/mol. The summed E-state index contributed by atoms with van der Waals surface area (Å²) >= 11 is 1.32. The van der Waals surface area contributed by atoms with E-state index in [0.717, 1.165) is 10.6 Å². The van der Waals surface area contributed by atoms with E-state index in [1.807, 2.05) is 37.3 Å². The number of carbonyl (C=O) groups is 1. The second kappa shape index (κ2) is 6.71. The number of hydrogen-bond donors (Lipinski definition) is 0. The van der Waals surface area contributed by atoms with Crippen molar-refractivity contribution in [2.75, 3.05) is 11.9 Å². The van der Waals surface area contributed by atoms with E-state index < -0.39 is 0 Å². The van der Waals surface area contributed by atoms with Gasteiger partial charge < -0.3 is 0 Å². The number of likely N-dealkylation sites (N-methyl/N-ethyl adjacent to an activating group) is 1. The Hall–Kier alpha value is -2.87. The molecular formula is C16H15N5O2S. The molecule has 1 aromatic carbocycles. The molecular weight excluding hydrogens is 326 g/mol. The maximum Gasteiger partial charge on any atom is 0.254 e. The summed E-state index contributed by atoms with van der Waals surface area (Å²) < 4.78 is 1.28. The largest absolute Gasteiger partial charge is 0.290 e. The Kier molecular flexibility index (Phi) is 4.48. The molecule has 3 aromatic rings. The normalized spacial score (nSPS) is 10.6. The molecule has 122 valence electrons. The second-order valence-corrected chi connectivity index (χ2v) is 6.32. The van der Waals surface area contributed by atoms with Gasteiger partial charge in [0.05, 0.1) is 12.0 Å². The second-order valence-electron chi connectivity index (χ2n) is 5.16. The summed E-state index contributed by atoms with van der Waals surface area (Å²) in [5, 5.41) is 9.08. The van der Waals surface area contributed by atoms with E-state index in [1.165, 1.54) is 33.2 Å². The number of carbonyl (C=O) groups excluding carboxylic acids is 1. The molecule has 24 heavy (non-hydrogen) atoms. The van der Waals surface area contributed by atoms with E-state index in [2.05, 4.69) is 15.2 Å². The summed E-state index contributed by atoms with van der Waals surface area (Å²) in [6, 6.07) is 10.8. The summed E-state index contributed by atoms with van der Waals surface area (Å²) in [6.45, 7) is 1.71. The topological polar surface area (TPSA) is 81.0 Å². The van der Waals surface area contributed by atoms with Crippen LogP contribution in [0.5, 0.6) is 0 Å². The highest BCUT2D eigenvalue weighted by atomic mass is 32.1. The van der Waals surface area contributed by atoms with Gasteiger partial charge in [-0.2, -0.15) is 0 Å². The lowest BCUT2D eigenvalue weighted by Crippen LogP contribution is -2.33. The predicted molar refractivity (Wildman–Crippen MR) is 92.0 cm³/mol. The van der Waals surface area contributed by atoms with Crippen molar-refractivity contribution in [1.82, 2.24) is 19.7 Å². The summed E-state index contributed by atoms with van der Waals surface area (Å²) in [5.74, 6) is -0.262. The van der Waals surface area contributed by atoms with Gasteiger partial charge in [-0.3, -0.25) is 19.1 Å². The first-order valence-electron chi connectivity index (χ1n) is 7.23. The van der Waals surface area contributed by atoms with Crippen molar-refractivity contribution in [3.8, 4) is 11.3 Å². The molecule has 0 fully saturated rings. The minimum absolute atomic E-state index is 0.101. The van der Waals surface area contributed by atoms with Crippen LogP contribution in [0.15, 0.2) is 47.5 Å². The van der Waals surface area contributed by atoms with Crippen LogP contribution in [0.3, 0.4) is 0 Å². The molecule has 0 aliphatic heterocycles. The van der Waals surface area contributed by atoms with Crippen LogP contribution in [0, 0.1) is 6.92 Å².